The standard InChI is InChI=1S/C10H10ClN3O2/c1-16-8-4-2-7(3-5-8)14-10(11)9(6-15)12-13-14/h2-5,15H,6H2,1H3. The summed E-state index contributed by atoms with van der Waals surface area (Å²) in [7, 11) is 1.60. The van der Waals surface area contributed by atoms with Gasteiger partial charge in [0.05, 0.1) is 19.4 Å². The number of aliphatic hydroxyl groups is 1. The van der Waals surface area contributed by atoms with Crippen LogP contribution >= 0.6 is 11.6 Å². The summed E-state index contributed by atoms with van der Waals surface area (Å²) < 4.78 is 6.49. The molecule has 0 fully saturated rings. The van der Waals surface area contributed by atoms with Crippen LogP contribution in [0, 0.1) is 0 Å². The van der Waals surface area contributed by atoms with Gasteiger partial charge in [-0.25, -0.2) is 4.68 Å². The van der Waals surface area contributed by atoms with E-state index in [0.717, 1.165) is 11.4 Å². The van der Waals surface area contributed by atoms with Crippen molar-refractivity contribution in [3.63, 3.8) is 0 Å². The van der Waals surface area contributed by atoms with Crippen LogP contribution < -0.4 is 4.74 Å². The third-order valence-corrected chi connectivity index (χ3v) is 2.52. The number of hydrogen-bond acceptors (Lipinski definition) is 4. The van der Waals surface area contributed by atoms with E-state index in [0.29, 0.717) is 10.8 Å². The summed E-state index contributed by atoms with van der Waals surface area (Å²) in [6, 6.07) is 7.21. The highest BCUT2D eigenvalue weighted by Crippen LogP contribution is 2.20. The zero-order valence-electron chi connectivity index (χ0n) is 8.59. The van der Waals surface area contributed by atoms with E-state index in [9.17, 15) is 0 Å². The van der Waals surface area contributed by atoms with Crippen molar-refractivity contribution in [1.29, 1.82) is 0 Å². The Morgan fingerprint density at radius 2 is 2.06 bits per heavy atom. The van der Waals surface area contributed by atoms with Gasteiger partial charge in [0.2, 0.25) is 0 Å². The number of halogens is 1. The maximum atomic E-state index is 8.94. The van der Waals surface area contributed by atoms with E-state index in [2.05, 4.69) is 10.3 Å². The first-order valence-corrected chi connectivity index (χ1v) is 4.99. The summed E-state index contributed by atoms with van der Waals surface area (Å²) in [5, 5.41) is 16.9. The Hall–Kier alpha value is -1.59. The fraction of sp³-hybridized carbons (Fsp3) is 0.200. The van der Waals surface area contributed by atoms with Crippen LogP contribution in [-0.4, -0.2) is 27.2 Å². The molecule has 1 heterocycles. The number of benzene rings is 1. The van der Waals surface area contributed by atoms with Crippen LogP contribution in [0.15, 0.2) is 24.3 Å². The molecule has 0 atom stereocenters. The SMILES string of the molecule is COc1ccc(-n2nnc(CO)c2Cl)cc1. The molecule has 1 aromatic carbocycles. The predicted molar refractivity (Wildman–Crippen MR) is 58.8 cm³/mol. The molecule has 0 spiro atoms. The molecule has 0 aliphatic carbocycles. The van der Waals surface area contributed by atoms with Gasteiger partial charge in [-0.05, 0) is 24.3 Å². The molecule has 0 aliphatic rings. The molecule has 6 heteroatoms. The highest BCUT2D eigenvalue weighted by Gasteiger charge is 2.10. The van der Waals surface area contributed by atoms with E-state index in [4.69, 9.17) is 21.4 Å². The van der Waals surface area contributed by atoms with Crippen LogP contribution in [-0.2, 0) is 6.61 Å². The second kappa shape index (κ2) is 4.51. The van der Waals surface area contributed by atoms with Crippen LogP contribution in [0.25, 0.3) is 5.69 Å². The molecule has 0 radical (unpaired) electrons. The predicted octanol–water partition coefficient (Wildman–Crippen LogP) is 1.42. The monoisotopic (exact) mass is 239 g/mol. The highest BCUT2D eigenvalue weighted by atomic mass is 35.5. The van der Waals surface area contributed by atoms with Crippen molar-refractivity contribution in [2.24, 2.45) is 0 Å². The van der Waals surface area contributed by atoms with Gasteiger partial charge in [0, 0.05) is 0 Å². The van der Waals surface area contributed by atoms with Gasteiger partial charge in [-0.15, -0.1) is 5.10 Å². The first kappa shape index (κ1) is 10.9. The topological polar surface area (TPSA) is 60.2 Å². The average Bonchev–Trinajstić information content (AvgIpc) is 2.70. The van der Waals surface area contributed by atoms with Crippen LogP contribution in [0.1, 0.15) is 5.69 Å². The van der Waals surface area contributed by atoms with Crippen LogP contribution in [0.4, 0.5) is 0 Å². The van der Waals surface area contributed by atoms with Gasteiger partial charge in [0.25, 0.3) is 0 Å². The Labute approximate surface area is 97.2 Å². The molecule has 84 valence electrons. The summed E-state index contributed by atoms with van der Waals surface area (Å²) in [5.74, 6) is 0.752. The zero-order valence-corrected chi connectivity index (χ0v) is 9.35. The zero-order chi connectivity index (χ0) is 11.5. The number of hydrogen-bond donors (Lipinski definition) is 1. The number of nitrogens with zero attached hydrogens (tertiary/aromatic N) is 3. The van der Waals surface area contributed by atoms with E-state index in [1.807, 2.05) is 0 Å². The van der Waals surface area contributed by atoms with Gasteiger partial charge in [0.15, 0.2) is 5.15 Å². The van der Waals surface area contributed by atoms with E-state index >= 15 is 0 Å². The maximum Gasteiger partial charge on any atom is 0.158 e. The first-order valence-electron chi connectivity index (χ1n) is 4.61. The molecule has 0 bridgehead atoms. The molecule has 0 unspecified atom stereocenters. The first-order chi connectivity index (χ1) is 7.76. The van der Waals surface area contributed by atoms with Gasteiger partial charge in [-0.3, -0.25) is 0 Å². The molecule has 16 heavy (non-hydrogen) atoms. The summed E-state index contributed by atoms with van der Waals surface area (Å²) in [6.45, 7) is -0.227. The van der Waals surface area contributed by atoms with Crippen molar-refractivity contribution in [3.8, 4) is 11.4 Å². The Morgan fingerprint density at radius 1 is 1.38 bits per heavy atom. The smallest absolute Gasteiger partial charge is 0.158 e. The lowest BCUT2D eigenvalue weighted by Crippen LogP contribution is -1.96. The minimum Gasteiger partial charge on any atom is -0.497 e. The molecule has 0 saturated carbocycles. The van der Waals surface area contributed by atoms with Crippen molar-refractivity contribution in [3.05, 3.63) is 35.1 Å². The minimum absolute atomic E-state index is 0.227. The van der Waals surface area contributed by atoms with Crippen molar-refractivity contribution in [1.82, 2.24) is 15.0 Å². The third-order valence-electron chi connectivity index (χ3n) is 2.15. The van der Waals surface area contributed by atoms with E-state index in [1.54, 1.807) is 31.4 Å². The molecule has 5 nitrogen and oxygen atoms in total. The van der Waals surface area contributed by atoms with Gasteiger partial charge in [0.1, 0.15) is 11.4 Å². The summed E-state index contributed by atoms with van der Waals surface area (Å²) in [4.78, 5) is 0. The van der Waals surface area contributed by atoms with E-state index < -0.39 is 0 Å². The summed E-state index contributed by atoms with van der Waals surface area (Å²) in [5.41, 5.74) is 1.12. The molecular weight excluding hydrogens is 230 g/mol. The van der Waals surface area contributed by atoms with Crippen LogP contribution in [0.2, 0.25) is 5.15 Å². The van der Waals surface area contributed by atoms with Crippen molar-refractivity contribution in [2.75, 3.05) is 7.11 Å². The third kappa shape index (κ3) is 1.87. The van der Waals surface area contributed by atoms with Crippen LogP contribution in [0.3, 0.4) is 0 Å². The molecule has 0 aliphatic heterocycles. The summed E-state index contributed by atoms with van der Waals surface area (Å²) in [6.07, 6.45) is 0. The molecule has 0 amide bonds. The average molecular weight is 240 g/mol. The van der Waals surface area contributed by atoms with Crippen molar-refractivity contribution in [2.45, 2.75) is 6.61 Å². The number of aromatic nitrogens is 3. The molecule has 2 rings (SSSR count). The molecule has 1 aromatic heterocycles. The summed E-state index contributed by atoms with van der Waals surface area (Å²) >= 11 is 5.98. The highest BCUT2D eigenvalue weighted by molar-refractivity contribution is 6.30. The largest absolute Gasteiger partial charge is 0.497 e. The quantitative estimate of drug-likeness (QED) is 0.880. The van der Waals surface area contributed by atoms with Gasteiger partial charge < -0.3 is 9.84 Å². The molecule has 2 aromatic rings. The fourth-order valence-electron chi connectivity index (χ4n) is 1.29. The molecule has 0 saturated heterocycles. The molecule has 1 N–H and O–H groups in total. The maximum absolute atomic E-state index is 8.94. The second-order valence-electron chi connectivity index (χ2n) is 3.09. The number of methoxy groups -OCH3 is 1. The number of rotatable bonds is 3. The van der Waals surface area contributed by atoms with Crippen molar-refractivity contribution < 1.29 is 9.84 Å². The lowest BCUT2D eigenvalue weighted by molar-refractivity contribution is 0.277. The Balaban J connectivity index is 2.38. The van der Waals surface area contributed by atoms with Gasteiger partial charge >= 0.3 is 0 Å². The van der Waals surface area contributed by atoms with E-state index in [-0.39, 0.29) is 6.61 Å². The Morgan fingerprint density at radius 3 is 2.56 bits per heavy atom. The normalized spacial score (nSPS) is 10.4. The Bertz CT molecular complexity index is 481. The molecular formula is C10H10ClN3O2. The number of aliphatic hydroxyl groups excluding tert-OH is 1. The second-order valence-corrected chi connectivity index (χ2v) is 3.45. The Kier molecular flexibility index (Phi) is 3.07. The van der Waals surface area contributed by atoms with Crippen LogP contribution in [0.5, 0.6) is 5.75 Å². The van der Waals surface area contributed by atoms with E-state index in [1.165, 1.54) is 4.68 Å². The van der Waals surface area contributed by atoms with Gasteiger partial charge in [-0.1, -0.05) is 16.8 Å². The fourth-order valence-corrected chi connectivity index (χ4v) is 1.52. The lowest BCUT2D eigenvalue weighted by Gasteiger charge is -2.03. The number of ether oxygens (including phenoxy) is 1. The van der Waals surface area contributed by atoms with Gasteiger partial charge in [-0.2, -0.15) is 0 Å². The van der Waals surface area contributed by atoms with Crippen molar-refractivity contribution >= 4 is 11.6 Å². The minimum atomic E-state index is -0.227. The lowest BCUT2D eigenvalue weighted by atomic mass is 10.3.